The lowest BCUT2D eigenvalue weighted by molar-refractivity contribution is 0.620. The number of oxazole rings is 1. The Morgan fingerprint density at radius 1 is 0.357 bits per heavy atom. The lowest BCUT2D eigenvalue weighted by Gasteiger charge is -2.11. The van der Waals surface area contributed by atoms with Crippen LogP contribution in [0.1, 0.15) is 0 Å². The van der Waals surface area contributed by atoms with E-state index in [1.54, 1.807) is 0 Å². The smallest absolute Gasteiger partial charge is 0.227 e. The summed E-state index contributed by atoms with van der Waals surface area (Å²) in [6.07, 6.45) is 0. The van der Waals surface area contributed by atoms with Crippen LogP contribution in [0.5, 0.6) is 0 Å². The van der Waals surface area contributed by atoms with Gasteiger partial charge in [0.2, 0.25) is 5.89 Å². The van der Waals surface area contributed by atoms with Gasteiger partial charge in [-0.2, -0.15) is 0 Å². The number of fused-ring (bicyclic) bond motifs is 5. The van der Waals surface area contributed by atoms with Gasteiger partial charge < -0.3 is 4.42 Å². The number of rotatable bonds is 6. The maximum atomic E-state index is 6.05. The summed E-state index contributed by atoms with van der Waals surface area (Å²) in [4.78, 5) is 15.0. The second-order valence-corrected chi connectivity index (χ2v) is 15.1. The summed E-state index contributed by atoms with van der Waals surface area (Å²) in [7, 11) is 0. The molecule has 0 radical (unpaired) electrons. The SMILES string of the molecule is c1ccc2cc(-c3ccc(-c4cc(-c5ccc(-c6ccc7sc8ccccc8c7c6)cc5)nc(-c5ccc(-c6nc7ccccc7o6)cc5)n4)cc3)ccc2c1. The first-order valence-corrected chi connectivity index (χ1v) is 19.5. The van der Waals surface area contributed by atoms with Crippen LogP contribution in [0.2, 0.25) is 0 Å². The van der Waals surface area contributed by atoms with Crippen molar-refractivity contribution >= 4 is 53.4 Å². The molecule has 0 atom stereocenters. The van der Waals surface area contributed by atoms with Gasteiger partial charge in [0.1, 0.15) is 5.52 Å². The average molecular weight is 734 g/mol. The fourth-order valence-corrected chi connectivity index (χ4v) is 8.66. The Bertz CT molecular complexity index is 3200. The van der Waals surface area contributed by atoms with E-state index in [0.717, 1.165) is 50.3 Å². The summed E-state index contributed by atoms with van der Waals surface area (Å²) in [5.74, 6) is 1.24. The number of nitrogens with zero attached hydrogens (tertiary/aromatic N) is 3. The molecule has 4 nitrogen and oxygen atoms in total. The number of aromatic nitrogens is 3. The van der Waals surface area contributed by atoms with Gasteiger partial charge in [-0.3, -0.25) is 0 Å². The maximum Gasteiger partial charge on any atom is 0.227 e. The molecule has 11 aromatic rings. The monoisotopic (exact) mass is 733 g/mol. The Morgan fingerprint density at radius 3 is 1.66 bits per heavy atom. The van der Waals surface area contributed by atoms with Crippen LogP contribution in [0.15, 0.2) is 192 Å². The molecule has 0 saturated carbocycles. The normalized spacial score (nSPS) is 11.6. The third-order valence-corrected chi connectivity index (χ3v) is 11.7. The van der Waals surface area contributed by atoms with Crippen LogP contribution in [0.25, 0.3) is 110 Å². The maximum absolute atomic E-state index is 6.05. The first-order valence-electron chi connectivity index (χ1n) is 18.7. The summed E-state index contributed by atoms with van der Waals surface area (Å²) >= 11 is 1.84. The highest BCUT2D eigenvalue weighted by molar-refractivity contribution is 7.25. The summed E-state index contributed by atoms with van der Waals surface area (Å²) in [6.45, 7) is 0. The van der Waals surface area contributed by atoms with Crippen LogP contribution >= 0.6 is 11.3 Å². The zero-order valence-electron chi connectivity index (χ0n) is 30.1. The van der Waals surface area contributed by atoms with E-state index in [9.17, 15) is 0 Å². The zero-order chi connectivity index (χ0) is 37.0. The molecule has 0 N–H and O–H groups in total. The average Bonchev–Trinajstić information content (AvgIpc) is 3.88. The van der Waals surface area contributed by atoms with E-state index in [-0.39, 0.29) is 0 Å². The molecule has 0 unspecified atom stereocenters. The highest BCUT2D eigenvalue weighted by Crippen LogP contribution is 2.37. The van der Waals surface area contributed by atoms with E-state index in [4.69, 9.17) is 19.4 Å². The quantitative estimate of drug-likeness (QED) is 0.171. The number of thiophene rings is 1. The van der Waals surface area contributed by atoms with Crippen molar-refractivity contribution in [3.8, 4) is 67.6 Å². The van der Waals surface area contributed by atoms with Gasteiger partial charge in [0.15, 0.2) is 11.4 Å². The fraction of sp³-hybridized carbons (Fsp3) is 0. The summed E-state index contributed by atoms with van der Waals surface area (Å²) in [6, 6.07) is 66.0. The molecule has 0 fully saturated rings. The molecule has 0 bridgehead atoms. The Balaban J connectivity index is 0.966. The van der Waals surface area contributed by atoms with E-state index in [1.807, 2.05) is 59.9 Å². The minimum absolute atomic E-state index is 0.589. The van der Waals surface area contributed by atoms with Crippen LogP contribution in [0, 0.1) is 0 Å². The molecule has 0 spiro atoms. The summed E-state index contributed by atoms with van der Waals surface area (Å²) in [5.41, 5.74) is 11.9. The predicted molar refractivity (Wildman–Crippen MR) is 233 cm³/mol. The number of hydrogen-bond acceptors (Lipinski definition) is 5. The Kier molecular flexibility index (Phi) is 7.64. The third-order valence-electron chi connectivity index (χ3n) is 10.6. The van der Waals surface area contributed by atoms with Crippen molar-refractivity contribution in [1.29, 1.82) is 0 Å². The van der Waals surface area contributed by atoms with Gasteiger partial charge in [-0.1, -0.05) is 133 Å². The number of benzene rings is 8. The van der Waals surface area contributed by atoms with Crippen LogP contribution in [0.3, 0.4) is 0 Å². The van der Waals surface area contributed by atoms with Crippen molar-refractivity contribution in [2.75, 3.05) is 0 Å². The summed E-state index contributed by atoms with van der Waals surface area (Å²) in [5, 5.41) is 5.07. The highest BCUT2D eigenvalue weighted by atomic mass is 32.1. The Labute approximate surface area is 327 Å². The van der Waals surface area contributed by atoms with E-state index in [2.05, 4.69) is 140 Å². The van der Waals surface area contributed by atoms with Crippen molar-refractivity contribution in [2.45, 2.75) is 0 Å². The van der Waals surface area contributed by atoms with Crippen LogP contribution in [-0.2, 0) is 0 Å². The van der Waals surface area contributed by atoms with E-state index in [1.165, 1.54) is 47.6 Å². The lowest BCUT2D eigenvalue weighted by Crippen LogP contribution is -1.96. The minimum Gasteiger partial charge on any atom is -0.436 e. The number of para-hydroxylation sites is 2. The molecule has 0 aliphatic rings. The van der Waals surface area contributed by atoms with Gasteiger partial charge in [-0.05, 0) is 87.6 Å². The van der Waals surface area contributed by atoms with Crippen LogP contribution in [-0.4, -0.2) is 15.0 Å². The number of hydrogen-bond donors (Lipinski definition) is 0. The van der Waals surface area contributed by atoms with E-state index in [0.29, 0.717) is 11.7 Å². The van der Waals surface area contributed by atoms with Gasteiger partial charge in [0.05, 0.1) is 11.4 Å². The molecule has 0 aliphatic heterocycles. The topological polar surface area (TPSA) is 51.8 Å². The molecular formula is C51H31N3OS. The molecule has 8 aromatic carbocycles. The molecule has 0 amide bonds. The largest absolute Gasteiger partial charge is 0.436 e. The molecule has 3 aromatic heterocycles. The molecule has 5 heteroatoms. The molecule has 56 heavy (non-hydrogen) atoms. The van der Waals surface area contributed by atoms with Crippen LogP contribution in [0.4, 0.5) is 0 Å². The van der Waals surface area contributed by atoms with Crippen molar-refractivity contribution in [3.05, 3.63) is 188 Å². The van der Waals surface area contributed by atoms with Gasteiger partial charge in [-0.25, -0.2) is 15.0 Å². The van der Waals surface area contributed by atoms with Gasteiger partial charge in [0, 0.05) is 42.4 Å². The Morgan fingerprint density at radius 2 is 0.911 bits per heavy atom. The molecule has 11 rings (SSSR count). The van der Waals surface area contributed by atoms with E-state index < -0.39 is 0 Å². The molecule has 0 aliphatic carbocycles. The zero-order valence-corrected chi connectivity index (χ0v) is 30.9. The first-order chi connectivity index (χ1) is 27.7. The summed E-state index contributed by atoms with van der Waals surface area (Å²) < 4.78 is 8.67. The predicted octanol–water partition coefficient (Wildman–Crippen LogP) is 14.1. The standard InChI is InChI=1S/C51H31N3OS/c1-2-8-39-29-40(26-17-32(39)7-1)33-13-18-35(19-14-33)45-31-46(53-50(52-45)37-22-24-38(25-23-37)51-54-44-10-4-5-11-47(44)55-51)36-20-15-34(16-21-36)41-27-28-49-43(30-41)42-9-3-6-12-48(42)56-49/h1-31H. The molecule has 262 valence electrons. The first kappa shape index (κ1) is 32.2. The van der Waals surface area contributed by atoms with Crippen molar-refractivity contribution in [3.63, 3.8) is 0 Å². The Hall–Kier alpha value is -7.21. The van der Waals surface area contributed by atoms with E-state index >= 15 is 0 Å². The fourth-order valence-electron chi connectivity index (χ4n) is 7.57. The molecule has 3 heterocycles. The third kappa shape index (κ3) is 5.82. The second kappa shape index (κ2) is 13.3. The molecule has 0 saturated heterocycles. The lowest BCUT2D eigenvalue weighted by atomic mass is 9.98. The van der Waals surface area contributed by atoms with Crippen molar-refractivity contribution in [2.24, 2.45) is 0 Å². The van der Waals surface area contributed by atoms with Crippen molar-refractivity contribution < 1.29 is 4.42 Å². The van der Waals surface area contributed by atoms with Gasteiger partial charge in [-0.15, -0.1) is 11.3 Å². The van der Waals surface area contributed by atoms with Gasteiger partial charge in [0.25, 0.3) is 0 Å². The molecular weight excluding hydrogens is 703 g/mol. The van der Waals surface area contributed by atoms with Gasteiger partial charge >= 0.3 is 0 Å². The highest BCUT2D eigenvalue weighted by Gasteiger charge is 2.14. The second-order valence-electron chi connectivity index (χ2n) is 14.1. The van der Waals surface area contributed by atoms with Crippen molar-refractivity contribution in [1.82, 2.24) is 15.0 Å². The van der Waals surface area contributed by atoms with Crippen LogP contribution < -0.4 is 0 Å². The minimum atomic E-state index is 0.589.